The van der Waals surface area contributed by atoms with Crippen molar-refractivity contribution in [3.63, 3.8) is 0 Å². The topological polar surface area (TPSA) is 114 Å². The van der Waals surface area contributed by atoms with Crippen molar-refractivity contribution in [1.29, 1.82) is 0 Å². The van der Waals surface area contributed by atoms with E-state index in [0.717, 1.165) is 12.8 Å². The maximum absolute atomic E-state index is 11.5. The van der Waals surface area contributed by atoms with Gasteiger partial charge in [-0.3, -0.25) is 9.36 Å². The number of aliphatic carboxylic acids is 1. The molecule has 7 nitrogen and oxygen atoms in total. The first kappa shape index (κ1) is 12.2. The summed E-state index contributed by atoms with van der Waals surface area (Å²) in [6.07, 6.45) is 1.93. The van der Waals surface area contributed by atoms with Crippen LogP contribution in [-0.4, -0.2) is 37.1 Å². The molecule has 1 atom stereocenters. The van der Waals surface area contributed by atoms with E-state index in [1.807, 2.05) is 0 Å². The molecule has 0 aliphatic heterocycles. The van der Waals surface area contributed by atoms with Crippen LogP contribution in [0, 0.1) is 0 Å². The van der Waals surface area contributed by atoms with Crippen LogP contribution in [0.4, 0.5) is 0 Å². The Hall–Kier alpha value is -1.28. The number of nitrogens with two attached hydrogens (primary N) is 1. The molecule has 1 heterocycles. The van der Waals surface area contributed by atoms with Crippen molar-refractivity contribution in [3.05, 3.63) is 10.5 Å². The third-order valence-corrected chi connectivity index (χ3v) is 3.86. The number of carboxylic acids is 1. The van der Waals surface area contributed by atoms with E-state index in [-0.39, 0.29) is 17.5 Å². The molecule has 1 fully saturated rings. The first-order chi connectivity index (χ1) is 7.92. The lowest BCUT2D eigenvalue weighted by Gasteiger charge is -2.17. The predicted octanol–water partition coefficient (Wildman–Crippen LogP) is -0.200. The average Bonchev–Trinajstić information content (AvgIpc) is 3.00. The molecular weight excluding hydrogens is 244 g/mol. The normalized spacial score (nSPS) is 18.9. The fourth-order valence-electron chi connectivity index (χ4n) is 1.32. The van der Waals surface area contributed by atoms with Gasteiger partial charge in [-0.15, -0.1) is 5.10 Å². The highest BCUT2D eigenvalue weighted by Gasteiger charge is 2.32. The van der Waals surface area contributed by atoms with Crippen molar-refractivity contribution >= 4 is 17.7 Å². The molecule has 0 spiro atoms. The van der Waals surface area contributed by atoms with Crippen molar-refractivity contribution in [2.75, 3.05) is 5.75 Å². The first-order valence-electron chi connectivity index (χ1n) is 5.24. The minimum atomic E-state index is -1.33. The molecule has 1 aromatic heterocycles. The molecule has 1 aliphatic carbocycles. The Bertz CT molecular complexity index is 489. The van der Waals surface area contributed by atoms with Crippen LogP contribution in [0.15, 0.2) is 9.95 Å². The largest absolute Gasteiger partial charge is 0.480 e. The van der Waals surface area contributed by atoms with E-state index in [9.17, 15) is 9.59 Å². The molecule has 8 heteroatoms. The number of hydrogen-bond acceptors (Lipinski definition) is 5. The highest BCUT2D eigenvalue weighted by molar-refractivity contribution is 7.99. The van der Waals surface area contributed by atoms with Crippen LogP contribution in [-0.2, 0) is 4.79 Å². The molecule has 17 heavy (non-hydrogen) atoms. The van der Waals surface area contributed by atoms with Gasteiger partial charge in [0.1, 0.15) is 5.54 Å². The fraction of sp³-hybridized carbons (Fsp3) is 0.667. The highest BCUT2D eigenvalue weighted by atomic mass is 32.2. The van der Waals surface area contributed by atoms with E-state index < -0.39 is 11.5 Å². The first-order valence-corrected chi connectivity index (χ1v) is 6.22. The van der Waals surface area contributed by atoms with Crippen LogP contribution >= 0.6 is 11.8 Å². The molecule has 0 amide bonds. The summed E-state index contributed by atoms with van der Waals surface area (Å²) in [6, 6.07) is 0.206. The summed E-state index contributed by atoms with van der Waals surface area (Å²) in [7, 11) is 0. The number of carbonyl (C=O) groups is 1. The highest BCUT2D eigenvalue weighted by Crippen LogP contribution is 2.36. The number of nitrogens with one attached hydrogen (secondary N) is 1. The molecule has 1 unspecified atom stereocenters. The van der Waals surface area contributed by atoms with Gasteiger partial charge in [-0.1, -0.05) is 11.8 Å². The summed E-state index contributed by atoms with van der Waals surface area (Å²) in [5, 5.41) is 15.6. The number of hydrogen-bond donors (Lipinski definition) is 3. The van der Waals surface area contributed by atoms with Gasteiger partial charge in [0.2, 0.25) is 0 Å². The molecule has 4 N–H and O–H groups in total. The second-order valence-electron chi connectivity index (χ2n) is 4.42. The predicted molar refractivity (Wildman–Crippen MR) is 62.1 cm³/mol. The SMILES string of the molecule is CC(N)(CSc1n[nH]c(=O)n1C1CC1)C(=O)O. The number of rotatable bonds is 5. The van der Waals surface area contributed by atoms with Crippen LogP contribution in [0.3, 0.4) is 0 Å². The molecule has 1 aliphatic rings. The van der Waals surface area contributed by atoms with Crippen molar-refractivity contribution in [1.82, 2.24) is 14.8 Å². The quantitative estimate of drug-likeness (QED) is 0.630. The van der Waals surface area contributed by atoms with Gasteiger partial charge in [-0.05, 0) is 19.8 Å². The molecule has 1 saturated carbocycles. The van der Waals surface area contributed by atoms with E-state index >= 15 is 0 Å². The zero-order valence-corrected chi connectivity index (χ0v) is 10.2. The molecule has 0 bridgehead atoms. The van der Waals surface area contributed by atoms with Gasteiger partial charge in [0, 0.05) is 11.8 Å². The number of H-pyrrole nitrogens is 1. The van der Waals surface area contributed by atoms with Gasteiger partial charge in [0.05, 0.1) is 0 Å². The maximum atomic E-state index is 11.5. The van der Waals surface area contributed by atoms with Gasteiger partial charge in [0.15, 0.2) is 5.16 Å². The van der Waals surface area contributed by atoms with Crippen LogP contribution in [0.5, 0.6) is 0 Å². The van der Waals surface area contributed by atoms with Crippen molar-refractivity contribution in [2.45, 2.75) is 36.5 Å². The molecule has 0 radical (unpaired) electrons. The van der Waals surface area contributed by atoms with Crippen LogP contribution in [0.2, 0.25) is 0 Å². The van der Waals surface area contributed by atoms with Crippen LogP contribution in [0.25, 0.3) is 0 Å². The monoisotopic (exact) mass is 258 g/mol. The summed E-state index contributed by atoms with van der Waals surface area (Å²) < 4.78 is 1.57. The van der Waals surface area contributed by atoms with E-state index in [2.05, 4.69) is 10.2 Å². The van der Waals surface area contributed by atoms with Gasteiger partial charge in [0.25, 0.3) is 0 Å². The summed E-state index contributed by atoms with van der Waals surface area (Å²) in [5.41, 5.74) is 4.04. The van der Waals surface area contributed by atoms with Crippen molar-refractivity contribution in [2.24, 2.45) is 5.73 Å². The van der Waals surface area contributed by atoms with Gasteiger partial charge < -0.3 is 10.8 Å². The maximum Gasteiger partial charge on any atom is 0.344 e. The summed E-state index contributed by atoms with van der Waals surface area (Å²) >= 11 is 1.19. The van der Waals surface area contributed by atoms with Crippen LogP contribution in [0.1, 0.15) is 25.8 Å². The summed E-state index contributed by atoms with van der Waals surface area (Å²) in [4.78, 5) is 22.3. The van der Waals surface area contributed by atoms with Gasteiger partial charge in [-0.2, -0.15) is 0 Å². The fourth-order valence-corrected chi connectivity index (χ4v) is 2.36. The van der Waals surface area contributed by atoms with Crippen molar-refractivity contribution < 1.29 is 9.90 Å². The average molecular weight is 258 g/mol. The second-order valence-corrected chi connectivity index (χ2v) is 5.37. The molecule has 94 valence electrons. The molecule has 1 aromatic rings. The third-order valence-electron chi connectivity index (χ3n) is 2.57. The Labute approximate surface area is 101 Å². The van der Waals surface area contributed by atoms with Gasteiger partial charge in [-0.25, -0.2) is 9.89 Å². The zero-order chi connectivity index (χ0) is 12.6. The van der Waals surface area contributed by atoms with Crippen LogP contribution < -0.4 is 11.4 Å². The van der Waals surface area contributed by atoms with E-state index in [1.165, 1.54) is 18.7 Å². The Balaban J connectivity index is 2.09. The Morgan fingerprint density at radius 1 is 1.76 bits per heavy atom. The standard InChI is InChI=1S/C9H14N4O3S/c1-9(10,6(14)15)4-17-8-12-11-7(16)13(8)5-2-3-5/h5H,2-4,10H2,1H3,(H,11,16)(H,14,15). The lowest BCUT2D eigenvalue weighted by molar-refractivity contribution is -0.141. The molecule has 0 saturated heterocycles. The number of aromatic amines is 1. The van der Waals surface area contributed by atoms with Crippen molar-refractivity contribution in [3.8, 4) is 0 Å². The van der Waals surface area contributed by atoms with E-state index in [0.29, 0.717) is 5.16 Å². The number of carboxylic acid groups (broad SMARTS) is 1. The lowest BCUT2D eigenvalue weighted by atomic mass is 10.1. The Morgan fingerprint density at radius 3 is 2.94 bits per heavy atom. The second kappa shape index (κ2) is 4.19. The number of thioether (sulfide) groups is 1. The Morgan fingerprint density at radius 2 is 2.41 bits per heavy atom. The summed E-state index contributed by atoms with van der Waals surface area (Å²) in [6.45, 7) is 1.44. The van der Waals surface area contributed by atoms with Gasteiger partial charge >= 0.3 is 11.7 Å². The molecule has 2 rings (SSSR count). The van der Waals surface area contributed by atoms with E-state index in [4.69, 9.17) is 10.8 Å². The number of aromatic nitrogens is 3. The number of nitrogens with zero attached hydrogens (tertiary/aromatic N) is 2. The lowest BCUT2D eigenvalue weighted by Crippen LogP contribution is -2.47. The Kier molecular flexibility index (Phi) is 3.00. The summed E-state index contributed by atoms with van der Waals surface area (Å²) in [5.74, 6) is -0.903. The molecule has 0 aromatic carbocycles. The third kappa shape index (κ3) is 2.52. The smallest absolute Gasteiger partial charge is 0.344 e. The minimum absolute atomic E-state index is 0.166. The zero-order valence-electron chi connectivity index (χ0n) is 9.34. The minimum Gasteiger partial charge on any atom is -0.480 e. The van der Waals surface area contributed by atoms with E-state index in [1.54, 1.807) is 4.57 Å². The molecular formula is C9H14N4O3S.